The van der Waals surface area contributed by atoms with Crippen molar-refractivity contribution in [2.75, 3.05) is 5.73 Å². The highest BCUT2D eigenvalue weighted by atomic mass is 16.4. The van der Waals surface area contributed by atoms with Gasteiger partial charge in [0.25, 0.3) is 0 Å². The zero-order chi connectivity index (χ0) is 14.3. The SMILES string of the molecule is C=CCc1ccc(N)c(C(CCCCC)C(=O)O)c1. The van der Waals surface area contributed by atoms with Gasteiger partial charge < -0.3 is 10.8 Å². The largest absolute Gasteiger partial charge is 0.481 e. The molecule has 19 heavy (non-hydrogen) atoms. The number of nitrogen functional groups attached to an aromatic ring is 1. The highest BCUT2D eigenvalue weighted by molar-refractivity contribution is 5.78. The van der Waals surface area contributed by atoms with Gasteiger partial charge in [0.05, 0.1) is 5.92 Å². The number of aliphatic carboxylic acids is 1. The van der Waals surface area contributed by atoms with Crippen molar-refractivity contribution in [1.82, 2.24) is 0 Å². The Morgan fingerprint density at radius 2 is 2.21 bits per heavy atom. The van der Waals surface area contributed by atoms with E-state index in [1.54, 1.807) is 6.07 Å². The molecule has 0 amide bonds. The van der Waals surface area contributed by atoms with Gasteiger partial charge in [0.2, 0.25) is 0 Å². The lowest BCUT2D eigenvalue weighted by molar-refractivity contribution is -0.139. The van der Waals surface area contributed by atoms with Gasteiger partial charge in [-0.2, -0.15) is 0 Å². The Hall–Kier alpha value is -1.77. The normalized spacial score (nSPS) is 12.1. The molecule has 0 saturated heterocycles. The number of rotatable bonds is 8. The molecule has 1 aromatic rings. The summed E-state index contributed by atoms with van der Waals surface area (Å²) in [5.41, 5.74) is 8.30. The van der Waals surface area contributed by atoms with E-state index in [2.05, 4.69) is 13.5 Å². The van der Waals surface area contributed by atoms with Crippen molar-refractivity contribution in [3.63, 3.8) is 0 Å². The number of carboxylic acid groups (broad SMARTS) is 1. The van der Waals surface area contributed by atoms with Gasteiger partial charge in [-0.15, -0.1) is 6.58 Å². The summed E-state index contributed by atoms with van der Waals surface area (Å²) >= 11 is 0. The first kappa shape index (κ1) is 15.3. The van der Waals surface area contributed by atoms with E-state index in [-0.39, 0.29) is 0 Å². The number of hydrogen-bond donors (Lipinski definition) is 2. The number of benzene rings is 1. The maximum absolute atomic E-state index is 11.4. The number of anilines is 1. The van der Waals surface area contributed by atoms with Crippen LogP contribution in [0.25, 0.3) is 0 Å². The van der Waals surface area contributed by atoms with E-state index in [4.69, 9.17) is 5.73 Å². The quantitative estimate of drug-likeness (QED) is 0.425. The van der Waals surface area contributed by atoms with Crippen LogP contribution >= 0.6 is 0 Å². The van der Waals surface area contributed by atoms with Gasteiger partial charge >= 0.3 is 5.97 Å². The lowest BCUT2D eigenvalue weighted by Gasteiger charge is -2.16. The van der Waals surface area contributed by atoms with Gasteiger partial charge in [0, 0.05) is 5.69 Å². The van der Waals surface area contributed by atoms with E-state index < -0.39 is 11.9 Å². The molecule has 3 nitrogen and oxygen atoms in total. The molecule has 1 rings (SSSR count). The first-order valence-corrected chi connectivity index (χ1v) is 6.82. The summed E-state index contributed by atoms with van der Waals surface area (Å²) in [6.07, 6.45) is 6.23. The maximum Gasteiger partial charge on any atom is 0.311 e. The Labute approximate surface area is 115 Å². The molecular formula is C16H23NO2. The molecule has 0 spiro atoms. The highest BCUT2D eigenvalue weighted by Crippen LogP contribution is 2.29. The fraction of sp³-hybridized carbons (Fsp3) is 0.438. The van der Waals surface area contributed by atoms with Crippen molar-refractivity contribution in [3.05, 3.63) is 42.0 Å². The molecule has 0 fully saturated rings. The van der Waals surface area contributed by atoms with Gasteiger partial charge in [-0.05, 0) is 30.0 Å². The average molecular weight is 261 g/mol. The minimum Gasteiger partial charge on any atom is -0.481 e. The number of unbranched alkanes of at least 4 members (excludes halogenated alkanes) is 2. The molecule has 1 aromatic carbocycles. The summed E-state index contributed by atoms with van der Waals surface area (Å²) in [6, 6.07) is 5.62. The fourth-order valence-corrected chi connectivity index (χ4v) is 2.23. The molecule has 0 saturated carbocycles. The predicted octanol–water partition coefficient (Wildman–Crippen LogP) is 3.75. The van der Waals surface area contributed by atoms with Crippen LogP contribution < -0.4 is 5.73 Å². The van der Waals surface area contributed by atoms with E-state index in [0.717, 1.165) is 36.8 Å². The van der Waals surface area contributed by atoms with Gasteiger partial charge in [0.15, 0.2) is 0 Å². The molecule has 0 aliphatic rings. The third-order valence-electron chi connectivity index (χ3n) is 3.30. The summed E-state index contributed by atoms with van der Waals surface area (Å²) in [5.74, 6) is -1.30. The average Bonchev–Trinajstić information content (AvgIpc) is 2.37. The minimum absolute atomic E-state index is 0.503. The Kier molecular flexibility index (Phi) is 6.13. The molecule has 3 heteroatoms. The molecule has 0 aliphatic heterocycles. The molecule has 0 aliphatic carbocycles. The van der Waals surface area contributed by atoms with E-state index in [9.17, 15) is 9.90 Å². The highest BCUT2D eigenvalue weighted by Gasteiger charge is 2.21. The van der Waals surface area contributed by atoms with Crippen LogP contribution in [0.3, 0.4) is 0 Å². The molecule has 0 radical (unpaired) electrons. The van der Waals surface area contributed by atoms with Gasteiger partial charge in [-0.25, -0.2) is 0 Å². The molecule has 0 bridgehead atoms. The maximum atomic E-state index is 11.4. The van der Waals surface area contributed by atoms with Crippen LogP contribution in [0.2, 0.25) is 0 Å². The summed E-state index contributed by atoms with van der Waals surface area (Å²) in [6.45, 7) is 5.81. The monoisotopic (exact) mass is 261 g/mol. The van der Waals surface area contributed by atoms with Gasteiger partial charge in [-0.3, -0.25) is 4.79 Å². The Morgan fingerprint density at radius 1 is 1.47 bits per heavy atom. The number of carboxylic acids is 1. The van der Waals surface area contributed by atoms with Crippen molar-refractivity contribution in [2.24, 2.45) is 0 Å². The van der Waals surface area contributed by atoms with E-state index in [1.807, 2.05) is 18.2 Å². The molecule has 0 heterocycles. The van der Waals surface area contributed by atoms with Gasteiger partial charge in [0.1, 0.15) is 0 Å². The second-order valence-corrected chi connectivity index (χ2v) is 4.84. The number of carbonyl (C=O) groups is 1. The van der Waals surface area contributed by atoms with E-state index in [1.165, 1.54) is 0 Å². The van der Waals surface area contributed by atoms with Crippen molar-refractivity contribution in [2.45, 2.75) is 44.9 Å². The fourth-order valence-electron chi connectivity index (χ4n) is 2.23. The Morgan fingerprint density at radius 3 is 2.79 bits per heavy atom. The van der Waals surface area contributed by atoms with Crippen molar-refractivity contribution >= 4 is 11.7 Å². The predicted molar refractivity (Wildman–Crippen MR) is 79.3 cm³/mol. The number of nitrogens with two attached hydrogens (primary N) is 1. The molecule has 1 atom stereocenters. The lowest BCUT2D eigenvalue weighted by Crippen LogP contribution is -2.14. The molecule has 104 valence electrons. The second kappa shape index (κ2) is 7.62. The summed E-state index contributed by atoms with van der Waals surface area (Å²) in [4.78, 5) is 11.4. The minimum atomic E-state index is -0.793. The van der Waals surface area contributed by atoms with Crippen LogP contribution in [-0.2, 0) is 11.2 Å². The van der Waals surface area contributed by atoms with Crippen LogP contribution in [0, 0.1) is 0 Å². The third-order valence-corrected chi connectivity index (χ3v) is 3.30. The van der Waals surface area contributed by atoms with Crippen molar-refractivity contribution in [1.29, 1.82) is 0 Å². The van der Waals surface area contributed by atoms with Crippen LogP contribution in [0.15, 0.2) is 30.9 Å². The van der Waals surface area contributed by atoms with Crippen LogP contribution in [0.1, 0.15) is 49.7 Å². The summed E-state index contributed by atoms with van der Waals surface area (Å²) in [5, 5.41) is 9.40. The summed E-state index contributed by atoms with van der Waals surface area (Å²) < 4.78 is 0. The smallest absolute Gasteiger partial charge is 0.311 e. The first-order valence-electron chi connectivity index (χ1n) is 6.82. The number of allylic oxidation sites excluding steroid dienone is 1. The third kappa shape index (κ3) is 4.43. The zero-order valence-corrected chi connectivity index (χ0v) is 11.6. The van der Waals surface area contributed by atoms with E-state index in [0.29, 0.717) is 12.1 Å². The molecule has 3 N–H and O–H groups in total. The zero-order valence-electron chi connectivity index (χ0n) is 11.6. The number of hydrogen-bond acceptors (Lipinski definition) is 2. The van der Waals surface area contributed by atoms with Crippen LogP contribution in [-0.4, -0.2) is 11.1 Å². The van der Waals surface area contributed by atoms with Crippen LogP contribution in [0.4, 0.5) is 5.69 Å². The topological polar surface area (TPSA) is 63.3 Å². The summed E-state index contributed by atoms with van der Waals surface area (Å²) in [7, 11) is 0. The Bertz CT molecular complexity index is 440. The van der Waals surface area contributed by atoms with Crippen molar-refractivity contribution in [3.8, 4) is 0 Å². The standard InChI is InChI=1S/C16H23NO2/c1-3-5-6-8-13(16(18)19)14-11-12(7-4-2)9-10-15(14)17/h4,9-11,13H,2-3,5-8,17H2,1H3,(H,18,19). The first-order chi connectivity index (χ1) is 9.10. The lowest BCUT2D eigenvalue weighted by atomic mass is 9.90. The van der Waals surface area contributed by atoms with Crippen molar-refractivity contribution < 1.29 is 9.90 Å². The second-order valence-electron chi connectivity index (χ2n) is 4.84. The van der Waals surface area contributed by atoms with Gasteiger partial charge in [-0.1, -0.05) is 44.4 Å². The van der Waals surface area contributed by atoms with E-state index >= 15 is 0 Å². The molecular weight excluding hydrogens is 238 g/mol. The van der Waals surface area contributed by atoms with Crippen LogP contribution in [0.5, 0.6) is 0 Å². The molecule has 0 aromatic heterocycles. The Balaban J connectivity index is 2.96. The molecule has 1 unspecified atom stereocenters.